The van der Waals surface area contributed by atoms with Gasteiger partial charge in [-0.3, -0.25) is 24.6 Å². The van der Waals surface area contributed by atoms with E-state index in [2.05, 4.69) is 0 Å². The first-order chi connectivity index (χ1) is 23.6. The number of halogens is 3. The molecule has 0 spiro atoms. The van der Waals surface area contributed by atoms with E-state index in [0.29, 0.717) is 0 Å². The number of carbonyl (C=O) groups excluding carboxylic acids is 4. The quantitative estimate of drug-likeness (QED) is 0.0683. The molecule has 1 saturated heterocycles. The van der Waals surface area contributed by atoms with Crippen LogP contribution in [0, 0.1) is 5.41 Å². The van der Waals surface area contributed by atoms with Crippen LogP contribution in [0.3, 0.4) is 0 Å². The Hall–Kier alpha value is -4.30. The maximum atomic E-state index is 15.0. The molecule has 1 unspecified atom stereocenters. The summed E-state index contributed by atoms with van der Waals surface area (Å²) in [4.78, 5) is 59.2. The van der Waals surface area contributed by atoms with Crippen LogP contribution in [0.4, 0.5) is 0 Å². The molecule has 4 aromatic rings. The molecule has 11 nitrogen and oxygen atoms in total. The topological polar surface area (TPSA) is 192 Å². The zero-order valence-corrected chi connectivity index (χ0v) is 28.0. The fourth-order valence-electron chi connectivity index (χ4n) is 6.00. The van der Waals surface area contributed by atoms with Crippen LogP contribution in [0.2, 0.25) is 0 Å². The fraction of sp³-hybridized carbons (Fsp3) is 0.194. The van der Waals surface area contributed by atoms with Gasteiger partial charge in [-0.05, 0) is 0 Å². The van der Waals surface area contributed by atoms with Gasteiger partial charge in [0.15, 0.2) is 5.60 Å². The van der Waals surface area contributed by atoms with E-state index in [9.17, 15) is 39.6 Å². The Morgan fingerprint density at radius 3 is 1.32 bits per heavy atom. The lowest BCUT2D eigenvalue weighted by Crippen LogP contribution is -2.91. The first-order valence-electron chi connectivity index (χ1n) is 14.8. The average Bonchev–Trinajstić information content (AvgIpc) is 3.14. The number of carbonyl (C=O) groups is 4. The summed E-state index contributed by atoms with van der Waals surface area (Å²) in [7, 11) is 0. The van der Waals surface area contributed by atoms with Gasteiger partial charge in [0.05, 0.1) is 6.61 Å². The van der Waals surface area contributed by atoms with Gasteiger partial charge in [-0.15, -0.1) is 0 Å². The Bertz CT molecular complexity index is 1930. The lowest BCUT2D eigenvalue weighted by Gasteiger charge is -2.61. The molecule has 5 N–H and O–H groups in total. The Kier molecular flexibility index (Phi) is 10.2. The predicted molar refractivity (Wildman–Crippen MR) is 182 cm³/mol. The predicted octanol–water partition coefficient (Wildman–Crippen LogP) is 4.16. The molecule has 0 aromatic heterocycles. The van der Waals surface area contributed by atoms with Crippen molar-refractivity contribution >= 4 is 63.8 Å². The number of Topliss-reactive ketones (excluding diaryl/α,β-unsaturated/α-hetero) is 4. The molecule has 1 fully saturated rings. The first kappa shape index (κ1) is 37.0. The molecule has 0 aliphatic carbocycles. The third-order valence-corrected chi connectivity index (χ3v) is 8.96. The van der Waals surface area contributed by atoms with Gasteiger partial charge >= 0.3 is 5.79 Å². The van der Waals surface area contributed by atoms with Crippen molar-refractivity contribution in [1.29, 1.82) is 5.41 Å². The van der Waals surface area contributed by atoms with Crippen LogP contribution >= 0.6 is 34.8 Å². The highest BCUT2D eigenvalue weighted by atomic mass is 35.6. The molecule has 5 rings (SSSR count). The van der Waals surface area contributed by atoms with Crippen molar-refractivity contribution in [3.8, 4) is 0 Å². The minimum Gasteiger partial charge on any atom is -0.434 e. The van der Waals surface area contributed by atoms with E-state index in [1.165, 1.54) is 97.1 Å². The molecule has 14 heteroatoms. The van der Waals surface area contributed by atoms with Crippen molar-refractivity contribution in [3.63, 3.8) is 0 Å². The second kappa shape index (κ2) is 13.8. The number of ether oxygens (including phenoxy) is 2. The molecule has 0 radical (unpaired) electrons. The van der Waals surface area contributed by atoms with Crippen LogP contribution in [0.1, 0.15) is 41.4 Å². The van der Waals surface area contributed by atoms with E-state index < -0.39 is 84.8 Å². The molecule has 258 valence electrons. The molecular formula is C36H28Cl3NO10. The summed E-state index contributed by atoms with van der Waals surface area (Å²) in [6.07, 6.45) is -2.56. The Morgan fingerprint density at radius 2 is 0.960 bits per heavy atom. The highest BCUT2D eigenvalue weighted by Crippen LogP contribution is 2.55. The summed E-state index contributed by atoms with van der Waals surface area (Å²) in [5, 5.41) is 58.4. The third kappa shape index (κ3) is 5.66. The number of ketones is 4. The van der Waals surface area contributed by atoms with E-state index in [0.717, 1.165) is 24.3 Å². The highest BCUT2D eigenvalue weighted by Gasteiger charge is 2.87. The molecule has 1 aliphatic heterocycles. The van der Waals surface area contributed by atoms with E-state index in [-0.39, 0.29) is 5.56 Å². The van der Waals surface area contributed by atoms with Crippen molar-refractivity contribution in [2.75, 3.05) is 6.61 Å². The molecule has 0 saturated carbocycles. The number of rotatable bonds is 10. The zero-order valence-electron chi connectivity index (χ0n) is 25.7. The standard InChI is InChI=1S/C36H28Cl3NO10/c37-36(38,39)31(40)50-35(30(45)25-19-11-4-12-20-25)34(48,29(44)24-17-9-3-10-18-24)33(47,28(43)23-15-7-2-8-16-23)32(46,26(21-41)49-35)27(42)22-13-5-1-6-14-22/h1-20,26,40-41,46-48H,21H2/t26-,32+,33+,34-,35?/m1/s1. The minimum atomic E-state index is -4.24. The molecule has 0 amide bonds. The van der Waals surface area contributed by atoms with Crippen molar-refractivity contribution in [1.82, 2.24) is 0 Å². The molecule has 1 aliphatic rings. The van der Waals surface area contributed by atoms with Crippen LogP contribution in [0.5, 0.6) is 0 Å². The number of benzene rings is 4. The fourth-order valence-corrected chi connectivity index (χ4v) is 6.11. The van der Waals surface area contributed by atoms with Gasteiger partial charge in [0.1, 0.15) is 6.10 Å². The maximum absolute atomic E-state index is 15.0. The summed E-state index contributed by atoms with van der Waals surface area (Å²) < 4.78 is 8.68. The van der Waals surface area contributed by atoms with E-state index in [4.69, 9.17) is 49.7 Å². The number of aliphatic hydroxyl groups is 4. The van der Waals surface area contributed by atoms with Crippen LogP contribution < -0.4 is 0 Å². The van der Waals surface area contributed by atoms with Gasteiger partial charge in [0.25, 0.3) is 3.79 Å². The monoisotopic (exact) mass is 739 g/mol. The average molecular weight is 741 g/mol. The number of nitrogens with one attached hydrogen (secondary N) is 1. The lowest BCUT2D eigenvalue weighted by atomic mass is 9.55. The minimum absolute atomic E-state index is 0.373. The van der Waals surface area contributed by atoms with Crippen LogP contribution in [0.15, 0.2) is 121 Å². The van der Waals surface area contributed by atoms with Gasteiger partial charge in [0, 0.05) is 22.3 Å². The summed E-state index contributed by atoms with van der Waals surface area (Å²) in [5.41, 5.74) is -14.0. The van der Waals surface area contributed by atoms with Crippen LogP contribution in [-0.4, -0.2) is 88.6 Å². The van der Waals surface area contributed by atoms with Gasteiger partial charge in [-0.25, -0.2) is 0 Å². The summed E-state index contributed by atoms with van der Waals surface area (Å²) in [6, 6.07) is 26.0. The molecule has 0 bridgehead atoms. The second-order valence-corrected chi connectivity index (χ2v) is 13.6. The van der Waals surface area contributed by atoms with Crippen molar-refractivity contribution in [2.24, 2.45) is 0 Å². The van der Waals surface area contributed by atoms with Crippen LogP contribution in [-0.2, 0) is 9.47 Å². The number of hydrogen-bond donors (Lipinski definition) is 5. The van der Waals surface area contributed by atoms with Gasteiger partial charge in [0.2, 0.25) is 40.2 Å². The number of hydrogen-bond acceptors (Lipinski definition) is 11. The third-order valence-electron chi connectivity index (χ3n) is 8.44. The lowest BCUT2D eigenvalue weighted by molar-refractivity contribution is -0.373. The van der Waals surface area contributed by atoms with E-state index >= 15 is 0 Å². The molecule has 4 aromatic carbocycles. The smallest absolute Gasteiger partial charge is 0.317 e. The van der Waals surface area contributed by atoms with Gasteiger partial charge < -0.3 is 29.9 Å². The van der Waals surface area contributed by atoms with Gasteiger partial charge in [-0.2, -0.15) is 0 Å². The van der Waals surface area contributed by atoms with Crippen molar-refractivity contribution in [2.45, 2.75) is 32.5 Å². The Balaban J connectivity index is 2.00. The highest BCUT2D eigenvalue weighted by molar-refractivity contribution is 6.76. The maximum Gasteiger partial charge on any atom is 0.317 e. The van der Waals surface area contributed by atoms with Crippen molar-refractivity contribution < 1.29 is 49.1 Å². The molecule has 1 heterocycles. The largest absolute Gasteiger partial charge is 0.434 e. The number of aliphatic hydroxyl groups excluding tert-OH is 1. The van der Waals surface area contributed by atoms with Gasteiger partial charge in [-0.1, -0.05) is 156 Å². The molecule has 50 heavy (non-hydrogen) atoms. The van der Waals surface area contributed by atoms with Crippen molar-refractivity contribution in [3.05, 3.63) is 144 Å². The van der Waals surface area contributed by atoms with E-state index in [1.807, 2.05) is 0 Å². The normalized spacial score (nSPS) is 26.4. The summed E-state index contributed by atoms with van der Waals surface area (Å²) in [6.45, 7) is -1.46. The number of alkyl halides is 3. The SMILES string of the molecule is N=C(OC1(C(=O)c2ccccc2)O[C@H](CO)[C@](O)(C(=O)c2ccccc2)[C@@](O)(C(=O)c2ccccc2)[C@]1(O)C(=O)c1ccccc1)C(Cl)(Cl)Cl. The Labute approximate surface area is 300 Å². The summed E-state index contributed by atoms with van der Waals surface area (Å²) in [5.74, 6) is -11.8. The molecular weight excluding hydrogens is 713 g/mol. The first-order valence-corrected chi connectivity index (χ1v) is 15.9. The van der Waals surface area contributed by atoms with Crippen LogP contribution in [0.25, 0.3) is 0 Å². The zero-order chi connectivity index (χ0) is 36.5. The molecule has 5 atom stereocenters. The van der Waals surface area contributed by atoms with E-state index in [1.54, 1.807) is 0 Å². The Morgan fingerprint density at radius 1 is 0.620 bits per heavy atom. The second-order valence-electron chi connectivity index (χ2n) is 11.3. The summed E-state index contributed by atoms with van der Waals surface area (Å²) >= 11 is 17.9.